The molecule has 2 N–H and O–H groups in total. The molecule has 0 bridgehead atoms. The molecule has 3 unspecified atom stereocenters. The molecule has 0 aromatic rings. The van der Waals surface area contributed by atoms with Gasteiger partial charge in [0.1, 0.15) is 0 Å². The van der Waals surface area contributed by atoms with Crippen molar-refractivity contribution in [3.63, 3.8) is 0 Å². The Kier molecular flexibility index (Phi) is 3.61. The van der Waals surface area contributed by atoms with E-state index in [0.717, 1.165) is 32.5 Å². The molecule has 1 aliphatic heterocycles. The van der Waals surface area contributed by atoms with E-state index in [1.54, 1.807) is 7.11 Å². The van der Waals surface area contributed by atoms with Gasteiger partial charge in [-0.1, -0.05) is 12.2 Å². The fourth-order valence-corrected chi connectivity index (χ4v) is 2.55. The Morgan fingerprint density at radius 1 is 1.56 bits per heavy atom. The van der Waals surface area contributed by atoms with E-state index in [9.17, 15) is 4.79 Å². The van der Waals surface area contributed by atoms with E-state index in [-0.39, 0.29) is 17.9 Å². The Morgan fingerprint density at radius 3 is 3.00 bits per heavy atom. The average Bonchev–Trinajstić information content (AvgIpc) is 2.87. The van der Waals surface area contributed by atoms with Crippen molar-refractivity contribution in [1.29, 1.82) is 0 Å². The molecule has 1 fully saturated rings. The van der Waals surface area contributed by atoms with Crippen LogP contribution >= 0.6 is 0 Å². The molecule has 16 heavy (non-hydrogen) atoms. The second kappa shape index (κ2) is 4.97. The molecule has 90 valence electrons. The fourth-order valence-electron chi connectivity index (χ4n) is 2.55. The number of hydrogen-bond donors (Lipinski definition) is 1. The van der Waals surface area contributed by atoms with Crippen LogP contribution < -0.4 is 5.73 Å². The third-order valence-corrected chi connectivity index (χ3v) is 3.43. The lowest BCUT2D eigenvalue weighted by molar-refractivity contribution is -0.133. The zero-order chi connectivity index (χ0) is 11.5. The number of amides is 1. The first-order valence-electron chi connectivity index (χ1n) is 5.92. The number of ether oxygens (including phenoxy) is 1. The van der Waals surface area contributed by atoms with Crippen LogP contribution in [-0.2, 0) is 9.53 Å². The minimum Gasteiger partial charge on any atom is -0.384 e. The number of carbonyl (C=O) groups is 1. The summed E-state index contributed by atoms with van der Waals surface area (Å²) >= 11 is 0. The first-order valence-corrected chi connectivity index (χ1v) is 5.92. The fraction of sp³-hybridized carbons (Fsp3) is 0.750. The smallest absolute Gasteiger partial charge is 0.229 e. The number of rotatable bonds is 3. The predicted molar refractivity (Wildman–Crippen MR) is 61.8 cm³/mol. The van der Waals surface area contributed by atoms with E-state index in [4.69, 9.17) is 10.5 Å². The summed E-state index contributed by atoms with van der Waals surface area (Å²) in [6, 6.07) is 0.0614. The zero-order valence-corrected chi connectivity index (χ0v) is 9.76. The van der Waals surface area contributed by atoms with Crippen molar-refractivity contribution < 1.29 is 9.53 Å². The Bertz CT molecular complexity index is 291. The average molecular weight is 224 g/mol. The summed E-state index contributed by atoms with van der Waals surface area (Å²) in [5.41, 5.74) is 5.76. The number of carbonyl (C=O) groups excluding carboxylic acids is 1. The first-order chi connectivity index (χ1) is 7.70. The van der Waals surface area contributed by atoms with Crippen molar-refractivity contribution in [2.24, 2.45) is 17.6 Å². The number of methoxy groups -OCH3 is 1. The molecular formula is C12H20N2O2. The Labute approximate surface area is 96.4 Å². The van der Waals surface area contributed by atoms with Gasteiger partial charge in [0.05, 0.1) is 12.5 Å². The van der Waals surface area contributed by atoms with Gasteiger partial charge in [-0.25, -0.2) is 0 Å². The van der Waals surface area contributed by atoms with Crippen LogP contribution in [0.4, 0.5) is 0 Å². The Morgan fingerprint density at radius 2 is 2.38 bits per heavy atom. The first kappa shape index (κ1) is 11.6. The summed E-state index contributed by atoms with van der Waals surface area (Å²) in [6.07, 6.45) is 5.72. The third-order valence-electron chi connectivity index (χ3n) is 3.43. The van der Waals surface area contributed by atoms with Gasteiger partial charge in [-0.05, 0) is 12.8 Å². The lowest BCUT2D eigenvalue weighted by atomic mass is 10.1. The van der Waals surface area contributed by atoms with Gasteiger partial charge in [-0.2, -0.15) is 0 Å². The Balaban J connectivity index is 1.85. The normalized spacial score (nSPS) is 33.6. The maximum absolute atomic E-state index is 12.1. The minimum absolute atomic E-state index is 0.0105. The van der Waals surface area contributed by atoms with Gasteiger partial charge in [-0.3, -0.25) is 4.79 Å². The Hall–Kier alpha value is -0.870. The lowest BCUT2D eigenvalue weighted by Gasteiger charge is -2.20. The van der Waals surface area contributed by atoms with E-state index < -0.39 is 0 Å². The minimum atomic E-state index is 0.0105. The van der Waals surface area contributed by atoms with Gasteiger partial charge in [0, 0.05) is 32.2 Å². The van der Waals surface area contributed by atoms with Gasteiger partial charge in [-0.15, -0.1) is 0 Å². The zero-order valence-electron chi connectivity index (χ0n) is 9.76. The topological polar surface area (TPSA) is 55.6 Å². The standard InChI is InChI=1S/C12H20N2O2/c1-16-8-9-4-5-14(7-9)12(15)10-2-3-11(13)6-10/h2-3,9-11H,4-8,13H2,1H3. The molecular weight excluding hydrogens is 204 g/mol. The summed E-state index contributed by atoms with van der Waals surface area (Å²) < 4.78 is 5.12. The molecule has 1 amide bonds. The van der Waals surface area contributed by atoms with Gasteiger partial charge in [0.2, 0.25) is 5.91 Å². The molecule has 0 aromatic carbocycles. The van der Waals surface area contributed by atoms with E-state index in [0.29, 0.717) is 5.92 Å². The molecule has 4 heteroatoms. The summed E-state index contributed by atoms with van der Waals surface area (Å²) in [7, 11) is 1.71. The number of hydrogen-bond acceptors (Lipinski definition) is 3. The number of nitrogens with zero attached hydrogens (tertiary/aromatic N) is 1. The van der Waals surface area contributed by atoms with Crippen LogP contribution in [0.1, 0.15) is 12.8 Å². The summed E-state index contributed by atoms with van der Waals surface area (Å²) in [5.74, 6) is 0.757. The van der Waals surface area contributed by atoms with Crippen molar-refractivity contribution >= 4 is 5.91 Å². The van der Waals surface area contributed by atoms with Crippen molar-refractivity contribution in [2.45, 2.75) is 18.9 Å². The van der Waals surface area contributed by atoms with Crippen molar-refractivity contribution in [3.8, 4) is 0 Å². The molecule has 0 saturated carbocycles. The highest BCUT2D eigenvalue weighted by molar-refractivity contribution is 5.81. The molecule has 1 aliphatic carbocycles. The van der Waals surface area contributed by atoms with Crippen molar-refractivity contribution in [2.75, 3.05) is 26.8 Å². The van der Waals surface area contributed by atoms with Gasteiger partial charge in [0.15, 0.2) is 0 Å². The largest absolute Gasteiger partial charge is 0.384 e. The highest BCUT2D eigenvalue weighted by atomic mass is 16.5. The van der Waals surface area contributed by atoms with Crippen molar-refractivity contribution in [3.05, 3.63) is 12.2 Å². The molecule has 2 rings (SSSR count). The third kappa shape index (κ3) is 2.44. The molecule has 0 aromatic heterocycles. The highest BCUT2D eigenvalue weighted by Crippen LogP contribution is 2.23. The highest BCUT2D eigenvalue weighted by Gasteiger charge is 2.31. The number of nitrogens with two attached hydrogens (primary N) is 1. The van der Waals surface area contributed by atoms with Crippen LogP contribution in [0.25, 0.3) is 0 Å². The van der Waals surface area contributed by atoms with Crippen LogP contribution in [0.2, 0.25) is 0 Å². The summed E-state index contributed by atoms with van der Waals surface area (Å²) in [5, 5.41) is 0. The molecule has 0 spiro atoms. The van der Waals surface area contributed by atoms with Crippen LogP contribution in [0.3, 0.4) is 0 Å². The lowest BCUT2D eigenvalue weighted by Crippen LogP contribution is -2.34. The van der Waals surface area contributed by atoms with E-state index in [1.165, 1.54) is 0 Å². The van der Waals surface area contributed by atoms with Crippen LogP contribution in [0.5, 0.6) is 0 Å². The van der Waals surface area contributed by atoms with E-state index in [2.05, 4.69) is 0 Å². The number of likely N-dealkylation sites (tertiary alicyclic amines) is 1. The molecule has 0 radical (unpaired) electrons. The quantitative estimate of drug-likeness (QED) is 0.705. The van der Waals surface area contributed by atoms with Crippen LogP contribution in [-0.4, -0.2) is 43.7 Å². The molecule has 3 atom stereocenters. The van der Waals surface area contributed by atoms with Gasteiger partial charge in [0.25, 0.3) is 0 Å². The van der Waals surface area contributed by atoms with Crippen LogP contribution in [0.15, 0.2) is 12.2 Å². The molecule has 1 saturated heterocycles. The second-order valence-corrected chi connectivity index (χ2v) is 4.79. The molecule has 2 aliphatic rings. The van der Waals surface area contributed by atoms with Crippen molar-refractivity contribution in [1.82, 2.24) is 4.90 Å². The summed E-state index contributed by atoms with van der Waals surface area (Å²) in [6.45, 7) is 2.46. The van der Waals surface area contributed by atoms with E-state index in [1.807, 2.05) is 17.1 Å². The van der Waals surface area contributed by atoms with E-state index >= 15 is 0 Å². The maximum Gasteiger partial charge on any atom is 0.229 e. The predicted octanol–water partition coefficient (Wildman–Crippen LogP) is 0.385. The van der Waals surface area contributed by atoms with Gasteiger partial charge >= 0.3 is 0 Å². The second-order valence-electron chi connectivity index (χ2n) is 4.79. The molecule has 1 heterocycles. The monoisotopic (exact) mass is 224 g/mol. The van der Waals surface area contributed by atoms with Crippen LogP contribution in [0, 0.1) is 11.8 Å². The summed E-state index contributed by atoms with van der Waals surface area (Å²) in [4.78, 5) is 14.1. The maximum atomic E-state index is 12.1. The SMILES string of the molecule is COCC1CCN(C(=O)C2C=CC(N)C2)C1. The molecule has 4 nitrogen and oxygen atoms in total. The van der Waals surface area contributed by atoms with Gasteiger partial charge < -0.3 is 15.4 Å².